The van der Waals surface area contributed by atoms with Crippen LogP contribution in [-0.4, -0.2) is 77.7 Å². The molecule has 0 saturated carbocycles. The number of rotatable bonds is 8. The Kier molecular flexibility index (Phi) is 6.37. The van der Waals surface area contributed by atoms with Crippen LogP contribution in [0.15, 0.2) is 30.9 Å². The Morgan fingerprint density at radius 3 is 2.79 bits per heavy atom. The molecule has 6 heterocycles. The van der Waals surface area contributed by atoms with Gasteiger partial charge in [-0.3, -0.25) is 19.4 Å². The molecule has 3 N–H and O–H groups in total. The Hall–Kier alpha value is -4.10. The number of aromatic nitrogens is 7. The molecule has 0 aromatic carbocycles. The minimum absolute atomic E-state index is 0.0429. The van der Waals surface area contributed by atoms with E-state index in [2.05, 4.69) is 52.9 Å². The highest BCUT2D eigenvalue weighted by atomic mass is 16.5. The van der Waals surface area contributed by atoms with Gasteiger partial charge in [0.2, 0.25) is 11.9 Å². The molecule has 2 saturated heterocycles. The van der Waals surface area contributed by atoms with Crippen LogP contribution in [0.2, 0.25) is 0 Å². The molecule has 4 aromatic heterocycles. The van der Waals surface area contributed by atoms with Crippen LogP contribution in [0.4, 0.5) is 28.8 Å². The molecule has 1 unspecified atom stereocenters. The van der Waals surface area contributed by atoms with Gasteiger partial charge in [0.05, 0.1) is 66.3 Å². The molecule has 6 rings (SSSR count). The fourth-order valence-electron chi connectivity index (χ4n) is 4.77. The number of ether oxygens (including phenoxy) is 1. The summed E-state index contributed by atoms with van der Waals surface area (Å²) in [6.45, 7) is 6.76. The maximum atomic E-state index is 12.6. The first-order chi connectivity index (χ1) is 18.4. The van der Waals surface area contributed by atoms with E-state index < -0.39 is 0 Å². The van der Waals surface area contributed by atoms with Gasteiger partial charge in [0.15, 0.2) is 11.5 Å². The molecule has 1 amide bonds. The minimum Gasteiger partial charge on any atom is -0.377 e. The molecular weight excluding hydrogens is 486 g/mol. The number of carbonyl (C=O) groups excluding carboxylic acids is 1. The number of hydrogen-bond acceptors (Lipinski definition) is 10. The number of carbonyl (C=O) groups is 1. The first kappa shape index (κ1) is 24.2. The van der Waals surface area contributed by atoms with Crippen LogP contribution in [0.5, 0.6) is 0 Å². The molecule has 13 heteroatoms. The molecule has 2 aliphatic rings. The van der Waals surface area contributed by atoms with Gasteiger partial charge in [-0.05, 0) is 39.3 Å². The number of hydrogen-bond donors (Lipinski definition) is 3. The molecule has 38 heavy (non-hydrogen) atoms. The zero-order valence-corrected chi connectivity index (χ0v) is 21.7. The predicted molar refractivity (Wildman–Crippen MR) is 143 cm³/mol. The lowest BCUT2D eigenvalue weighted by Gasteiger charge is -2.25. The van der Waals surface area contributed by atoms with E-state index in [1.54, 1.807) is 23.3 Å². The van der Waals surface area contributed by atoms with Gasteiger partial charge in [-0.2, -0.15) is 15.2 Å². The minimum atomic E-state index is -0.0429. The third kappa shape index (κ3) is 4.89. The number of aryl methyl sites for hydroxylation is 2. The average Bonchev–Trinajstić information content (AvgIpc) is 3.55. The van der Waals surface area contributed by atoms with Crippen molar-refractivity contribution in [2.45, 2.75) is 38.8 Å². The lowest BCUT2D eigenvalue weighted by Crippen LogP contribution is -2.35. The summed E-state index contributed by atoms with van der Waals surface area (Å²) >= 11 is 0. The number of nitrogens with one attached hydrogen (secondary N) is 3. The van der Waals surface area contributed by atoms with E-state index in [1.165, 1.54) is 0 Å². The monoisotopic (exact) mass is 517 g/mol. The predicted octanol–water partition coefficient (Wildman–Crippen LogP) is 2.74. The van der Waals surface area contributed by atoms with E-state index in [0.717, 1.165) is 41.8 Å². The highest BCUT2D eigenvalue weighted by Gasteiger charge is 2.23. The zero-order valence-electron chi connectivity index (χ0n) is 21.7. The van der Waals surface area contributed by atoms with E-state index in [0.29, 0.717) is 48.9 Å². The van der Waals surface area contributed by atoms with Crippen molar-refractivity contribution in [3.8, 4) is 0 Å². The summed E-state index contributed by atoms with van der Waals surface area (Å²) in [5.41, 5.74) is 3.62. The number of fused-ring (bicyclic) bond motifs is 1. The molecule has 0 spiro atoms. The van der Waals surface area contributed by atoms with Crippen LogP contribution in [-0.2, 0) is 16.6 Å². The van der Waals surface area contributed by atoms with Crippen molar-refractivity contribution in [2.75, 3.05) is 42.3 Å². The topological polar surface area (TPSA) is 140 Å². The van der Waals surface area contributed by atoms with Gasteiger partial charge in [-0.1, -0.05) is 0 Å². The number of likely N-dealkylation sites (tertiary alicyclic amines) is 1. The molecule has 2 aliphatic heterocycles. The summed E-state index contributed by atoms with van der Waals surface area (Å²) in [5, 5.41) is 19.3. The highest BCUT2D eigenvalue weighted by Crippen LogP contribution is 2.28. The Balaban J connectivity index is 1.16. The van der Waals surface area contributed by atoms with Crippen LogP contribution < -0.4 is 16.0 Å². The first-order valence-corrected chi connectivity index (χ1v) is 12.8. The molecule has 0 radical (unpaired) electrons. The number of pyridine rings is 1. The quantitative estimate of drug-likeness (QED) is 0.320. The molecule has 1 atom stereocenters. The third-order valence-electron chi connectivity index (χ3n) is 7.09. The Bertz CT molecular complexity index is 1480. The van der Waals surface area contributed by atoms with Gasteiger partial charge in [0.1, 0.15) is 0 Å². The lowest BCUT2D eigenvalue weighted by atomic mass is 10.2. The summed E-state index contributed by atoms with van der Waals surface area (Å²) in [7, 11) is 1.83. The van der Waals surface area contributed by atoms with Crippen LogP contribution in [0.1, 0.15) is 31.5 Å². The maximum Gasteiger partial charge on any atom is 0.238 e. The molecule has 13 nitrogen and oxygen atoms in total. The van der Waals surface area contributed by atoms with Crippen LogP contribution in [0.3, 0.4) is 0 Å². The van der Waals surface area contributed by atoms with E-state index in [-0.39, 0.29) is 11.9 Å². The van der Waals surface area contributed by atoms with E-state index in [1.807, 2.05) is 30.9 Å². The standard InChI is InChI=1S/C25H31N11O2/c1-15-5-4-6-35(15)12-22(37)29-17-7-21(16(2)26-8-17)31-23-20-10-27-25(32-24(20)34(3)33-23)30-18-9-28-36(11-18)19-13-38-14-19/h7-11,15,19H,4-6,12-14H2,1-3H3,(H,29,37)(H,31,33)(H,27,30,32). The second kappa shape index (κ2) is 9.99. The second-order valence-corrected chi connectivity index (χ2v) is 9.92. The maximum absolute atomic E-state index is 12.6. The fourth-order valence-corrected chi connectivity index (χ4v) is 4.77. The molecule has 198 valence electrons. The summed E-state index contributed by atoms with van der Waals surface area (Å²) < 4.78 is 8.82. The fraction of sp³-hybridized carbons (Fsp3) is 0.440. The third-order valence-corrected chi connectivity index (χ3v) is 7.09. The van der Waals surface area contributed by atoms with Crippen LogP contribution in [0.25, 0.3) is 11.0 Å². The van der Waals surface area contributed by atoms with Crippen molar-refractivity contribution in [1.29, 1.82) is 0 Å². The highest BCUT2D eigenvalue weighted by molar-refractivity contribution is 5.93. The van der Waals surface area contributed by atoms with Gasteiger partial charge in [0, 0.05) is 25.5 Å². The smallest absolute Gasteiger partial charge is 0.238 e. The second-order valence-electron chi connectivity index (χ2n) is 9.92. The van der Waals surface area contributed by atoms with Gasteiger partial charge >= 0.3 is 0 Å². The van der Waals surface area contributed by atoms with Crippen LogP contribution in [0, 0.1) is 6.92 Å². The molecule has 4 aromatic rings. The van der Waals surface area contributed by atoms with Gasteiger partial charge < -0.3 is 20.7 Å². The van der Waals surface area contributed by atoms with E-state index in [9.17, 15) is 4.79 Å². The Morgan fingerprint density at radius 2 is 2.03 bits per heavy atom. The van der Waals surface area contributed by atoms with Crippen molar-refractivity contribution < 1.29 is 9.53 Å². The van der Waals surface area contributed by atoms with Crippen molar-refractivity contribution in [3.05, 3.63) is 36.5 Å². The summed E-state index contributed by atoms with van der Waals surface area (Å²) in [6, 6.07) is 2.58. The number of amides is 1. The van der Waals surface area contributed by atoms with Crippen molar-refractivity contribution in [2.24, 2.45) is 7.05 Å². The van der Waals surface area contributed by atoms with Gasteiger partial charge in [0.25, 0.3) is 0 Å². The summed E-state index contributed by atoms with van der Waals surface area (Å²) in [4.78, 5) is 28.4. The number of nitrogens with zero attached hydrogens (tertiary/aromatic N) is 8. The summed E-state index contributed by atoms with van der Waals surface area (Å²) in [5.74, 6) is 1.01. The molecular formula is C25H31N11O2. The van der Waals surface area contributed by atoms with Crippen LogP contribution >= 0.6 is 0 Å². The number of anilines is 5. The Labute approximate surface area is 219 Å². The van der Waals surface area contributed by atoms with Crippen molar-refractivity contribution in [3.63, 3.8) is 0 Å². The van der Waals surface area contributed by atoms with Gasteiger partial charge in [-0.15, -0.1) is 0 Å². The van der Waals surface area contributed by atoms with E-state index >= 15 is 0 Å². The van der Waals surface area contributed by atoms with Gasteiger partial charge in [-0.25, -0.2) is 9.67 Å². The normalized spacial score (nSPS) is 18.0. The van der Waals surface area contributed by atoms with Crippen molar-refractivity contribution >= 4 is 45.8 Å². The average molecular weight is 518 g/mol. The zero-order chi connectivity index (χ0) is 26.2. The lowest BCUT2D eigenvalue weighted by molar-refractivity contribution is -0.117. The molecule has 0 aliphatic carbocycles. The largest absolute Gasteiger partial charge is 0.377 e. The Morgan fingerprint density at radius 1 is 1.16 bits per heavy atom. The molecule has 0 bridgehead atoms. The molecule has 2 fully saturated rings. The summed E-state index contributed by atoms with van der Waals surface area (Å²) in [6.07, 6.45) is 9.33. The van der Waals surface area contributed by atoms with E-state index in [4.69, 9.17) is 4.74 Å². The SMILES string of the molecule is Cc1ncc(NC(=O)CN2CCCC2C)cc1Nc1nn(C)c2nc(Nc3cnn(C4COC4)c3)ncc12. The first-order valence-electron chi connectivity index (χ1n) is 12.8. The van der Waals surface area contributed by atoms with Crippen molar-refractivity contribution in [1.82, 2.24) is 39.4 Å².